The first-order chi connectivity index (χ1) is 23.3. The van der Waals surface area contributed by atoms with Crippen molar-refractivity contribution >= 4 is 0 Å². The van der Waals surface area contributed by atoms with Crippen molar-refractivity contribution in [3.63, 3.8) is 0 Å². The van der Waals surface area contributed by atoms with Gasteiger partial charge in [-0.1, -0.05) is 105 Å². The summed E-state index contributed by atoms with van der Waals surface area (Å²) < 4.78 is 58.7. The fourth-order valence-corrected chi connectivity index (χ4v) is 5.29. The first-order valence-corrected chi connectivity index (χ1v) is 16.0. The summed E-state index contributed by atoms with van der Waals surface area (Å²) in [4.78, 5) is 6.45. The highest BCUT2D eigenvalue weighted by molar-refractivity contribution is 5.71. The summed E-state index contributed by atoms with van der Waals surface area (Å²) in [6.45, 7) is 4.78. The van der Waals surface area contributed by atoms with Crippen molar-refractivity contribution in [3.8, 4) is 50.3 Å². The molecule has 0 spiro atoms. The molecule has 0 fully saturated rings. The maximum absolute atomic E-state index is 13.8. The summed E-state index contributed by atoms with van der Waals surface area (Å²) in [5.41, 5.74) is 7.53. The van der Waals surface area contributed by atoms with Crippen LogP contribution < -0.4 is 4.74 Å². The van der Waals surface area contributed by atoms with Gasteiger partial charge in [0.05, 0.1) is 6.61 Å². The van der Waals surface area contributed by atoms with Gasteiger partial charge in [-0.2, -0.15) is 27.5 Å². The molecular formula is C41H36F4N2O. The van der Waals surface area contributed by atoms with Crippen LogP contribution in [0.2, 0.25) is 0 Å². The zero-order valence-corrected chi connectivity index (χ0v) is 26.9. The van der Waals surface area contributed by atoms with Gasteiger partial charge in [-0.15, -0.1) is 0 Å². The number of aryl methyl sites for hydroxylation is 1. The predicted molar refractivity (Wildman–Crippen MR) is 184 cm³/mol. The fraction of sp³-hybridized carbons (Fsp3) is 0.171. The third kappa shape index (κ3) is 8.94. The maximum Gasteiger partial charge on any atom is 0.223 e. The molecule has 0 amide bonds. The molecule has 48 heavy (non-hydrogen) atoms. The second kappa shape index (κ2) is 16.5. The van der Waals surface area contributed by atoms with Gasteiger partial charge in [-0.3, -0.25) is 0 Å². The van der Waals surface area contributed by atoms with E-state index < -0.39 is 23.8 Å². The van der Waals surface area contributed by atoms with Crippen molar-refractivity contribution in [1.29, 1.82) is 0 Å². The number of unbranched alkanes of at least 4 members (excludes halogenated alkanes) is 2. The molecule has 4 aromatic carbocycles. The minimum absolute atomic E-state index is 0.282. The first kappa shape index (κ1) is 34.0. The molecule has 0 saturated carbocycles. The molecule has 0 unspecified atom stereocenters. The number of rotatable bonds is 10. The second-order valence-corrected chi connectivity index (χ2v) is 11.2. The lowest BCUT2D eigenvalue weighted by atomic mass is 9.99. The summed E-state index contributed by atoms with van der Waals surface area (Å²) in [7, 11) is 0. The number of hydrogen-bond acceptors (Lipinski definition) is 3. The number of aromatic nitrogens is 2. The van der Waals surface area contributed by atoms with Crippen LogP contribution in [-0.2, 0) is 6.42 Å². The Hall–Kier alpha value is -5.30. The molecule has 0 bridgehead atoms. The van der Waals surface area contributed by atoms with Gasteiger partial charge in [0, 0.05) is 11.1 Å². The lowest BCUT2D eigenvalue weighted by Crippen LogP contribution is -1.92. The quantitative estimate of drug-likeness (QED) is 0.0842. The predicted octanol–water partition coefficient (Wildman–Crippen LogP) is 11.5. The number of ether oxygens (including phenoxy) is 1. The van der Waals surface area contributed by atoms with E-state index in [0.717, 1.165) is 40.5 Å². The summed E-state index contributed by atoms with van der Waals surface area (Å²) >= 11 is 0. The van der Waals surface area contributed by atoms with Crippen molar-refractivity contribution in [3.05, 3.63) is 151 Å². The minimum Gasteiger partial charge on any atom is -0.494 e. The Morgan fingerprint density at radius 2 is 0.854 bits per heavy atom. The number of halogens is 4. The van der Waals surface area contributed by atoms with Crippen molar-refractivity contribution in [2.24, 2.45) is 0 Å². The van der Waals surface area contributed by atoms with Crippen LogP contribution in [0, 0.1) is 23.8 Å². The Balaban J connectivity index is 0.000000188. The van der Waals surface area contributed by atoms with E-state index in [4.69, 9.17) is 4.74 Å². The van der Waals surface area contributed by atoms with E-state index in [9.17, 15) is 17.6 Å². The Morgan fingerprint density at radius 1 is 0.458 bits per heavy atom. The standard InChI is InChI=1S/C22H21F2N.C19H15F2NO/c1-2-3-4-5-16-6-8-17(9-7-16)18-10-12-19(13-11-18)20-14-15-21(23)25-22(20)24;1-2-23-16-9-7-14(8-10-16)13-3-5-15(6-4-13)17-11-12-18(20)22-19(17)21/h6-15H,2-5H2,1H3;3-12H,2H2,1H3. The van der Waals surface area contributed by atoms with E-state index in [0.29, 0.717) is 23.3 Å². The third-order valence-corrected chi connectivity index (χ3v) is 7.88. The van der Waals surface area contributed by atoms with E-state index in [-0.39, 0.29) is 5.56 Å². The van der Waals surface area contributed by atoms with Crippen LogP contribution in [0.15, 0.2) is 121 Å². The fourth-order valence-electron chi connectivity index (χ4n) is 5.29. The molecule has 0 aliphatic heterocycles. The van der Waals surface area contributed by atoms with E-state index in [1.807, 2.05) is 67.6 Å². The largest absolute Gasteiger partial charge is 0.494 e. The van der Waals surface area contributed by atoms with Crippen LogP contribution in [0.5, 0.6) is 5.75 Å². The zero-order valence-electron chi connectivity index (χ0n) is 26.9. The van der Waals surface area contributed by atoms with Gasteiger partial charge in [-0.25, -0.2) is 0 Å². The van der Waals surface area contributed by atoms with Crippen molar-refractivity contribution in [2.45, 2.75) is 39.5 Å². The van der Waals surface area contributed by atoms with Crippen molar-refractivity contribution in [1.82, 2.24) is 9.97 Å². The highest BCUT2D eigenvalue weighted by atomic mass is 19.1. The lowest BCUT2D eigenvalue weighted by Gasteiger charge is -2.07. The van der Waals surface area contributed by atoms with Crippen LogP contribution in [0.4, 0.5) is 17.6 Å². The Morgan fingerprint density at radius 3 is 1.25 bits per heavy atom. The molecule has 0 radical (unpaired) electrons. The molecule has 3 nitrogen and oxygen atoms in total. The van der Waals surface area contributed by atoms with Gasteiger partial charge < -0.3 is 4.74 Å². The van der Waals surface area contributed by atoms with Crippen LogP contribution >= 0.6 is 0 Å². The molecule has 6 rings (SSSR count). The molecule has 0 saturated heterocycles. The molecule has 0 aliphatic rings. The van der Waals surface area contributed by atoms with Gasteiger partial charge >= 0.3 is 0 Å². The van der Waals surface area contributed by atoms with Gasteiger partial charge in [0.25, 0.3) is 0 Å². The third-order valence-electron chi connectivity index (χ3n) is 7.88. The van der Waals surface area contributed by atoms with Crippen LogP contribution in [0.1, 0.15) is 38.7 Å². The van der Waals surface area contributed by atoms with Gasteiger partial charge in [0.1, 0.15) is 5.75 Å². The highest BCUT2D eigenvalue weighted by Crippen LogP contribution is 2.28. The highest BCUT2D eigenvalue weighted by Gasteiger charge is 2.10. The molecule has 2 heterocycles. The zero-order chi connectivity index (χ0) is 33.9. The summed E-state index contributed by atoms with van der Waals surface area (Å²) in [5.74, 6) is -2.40. The monoisotopic (exact) mass is 648 g/mol. The number of hydrogen-bond donors (Lipinski definition) is 0. The summed E-state index contributed by atoms with van der Waals surface area (Å²) in [6.07, 6.45) is 4.83. The lowest BCUT2D eigenvalue weighted by molar-refractivity contribution is 0.340. The smallest absolute Gasteiger partial charge is 0.223 e. The molecule has 244 valence electrons. The Kier molecular flexibility index (Phi) is 11.7. The number of benzene rings is 4. The second-order valence-electron chi connectivity index (χ2n) is 11.2. The molecule has 0 atom stereocenters. The van der Waals surface area contributed by atoms with E-state index in [1.165, 1.54) is 43.0 Å². The first-order valence-electron chi connectivity index (χ1n) is 16.0. The van der Waals surface area contributed by atoms with E-state index in [2.05, 4.69) is 41.2 Å². The summed E-state index contributed by atoms with van der Waals surface area (Å²) in [5, 5.41) is 0. The maximum atomic E-state index is 13.8. The topological polar surface area (TPSA) is 35.0 Å². The average Bonchev–Trinajstić information content (AvgIpc) is 3.10. The Bertz CT molecular complexity index is 1910. The number of nitrogens with zero attached hydrogens (tertiary/aromatic N) is 2. The average molecular weight is 649 g/mol. The normalized spacial score (nSPS) is 10.7. The van der Waals surface area contributed by atoms with Gasteiger partial charge in [0.2, 0.25) is 23.8 Å². The SMILES string of the molecule is CCCCCc1ccc(-c2ccc(-c3ccc(F)nc3F)cc2)cc1.CCOc1ccc(-c2ccc(-c3ccc(F)nc3F)cc2)cc1. The van der Waals surface area contributed by atoms with Crippen LogP contribution in [-0.4, -0.2) is 16.6 Å². The van der Waals surface area contributed by atoms with Gasteiger partial charge in [0.15, 0.2) is 0 Å². The van der Waals surface area contributed by atoms with E-state index in [1.54, 1.807) is 12.1 Å². The molecule has 0 N–H and O–H groups in total. The van der Waals surface area contributed by atoms with E-state index >= 15 is 0 Å². The number of pyridine rings is 2. The minimum atomic E-state index is -0.822. The molecule has 0 aliphatic carbocycles. The summed E-state index contributed by atoms with van der Waals surface area (Å²) in [6, 6.07) is 36.4. The van der Waals surface area contributed by atoms with Crippen molar-refractivity contribution < 1.29 is 22.3 Å². The van der Waals surface area contributed by atoms with Gasteiger partial charge in [-0.05, 0) is 95.1 Å². The molecule has 6 aromatic rings. The van der Waals surface area contributed by atoms with Crippen molar-refractivity contribution in [2.75, 3.05) is 6.61 Å². The molecule has 7 heteroatoms. The van der Waals surface area contributed by atoms with Crippen LogP contribution in [0.3, 0.4) is 0 Å². The Labute approximate surface area is 278 Å². The molecule has 2 aromatic heterocycles. The molecular weight excluding hydrogens is 612 g/mol. The van der Waals surface area contributed by atoms with Crippen LogP contribution in [0.25, 0.3) is 44.5 Å².